The Labute approximate surface area is 227 Å². The van der Waals surface area contributed by atoms with Gasteiger partial charge in [-0.25, -0.2) is 0 Å². The van der Waals surface area contributed by atoms with Gasteiger partial charge in [-0.2, -0.15) is 0 Å². The lowest BCUT2D eigenvalue weighted by molar-refractivity contribution is 0.0383. The zero-order valence-electron chi connectivity index (χ0n) is 19.6. The van der Waals surface area contributed by atoms with E-state index in [4.69, 9.17) is 27.9 Å². The highest BCUT2D eigenvalue weighted by Crippen LogP contribution is 2.40. The lowest BCUT2D eigenvalue weighted by Gasteiger charge is -2.26. The number of thiophene rings is 2. The second-order valence-corrected chi connectivity index (χ2v) is 10.9. The van der Waals surface area contributed by atoms with Crippen LogP contribution in [-0.2, 0) is 4.74 Å². The first kappa shape index (κ1) is 26.8. The standard InChI is InChI=1S/C25H25Cl2N3O4S2/c1-15(17-14-35-24(23(17)32)16-2-3-18(26)19(27)12-16)29-13-20(31)21-4-5-22(36-21)25(33)28-6-7-30-8-10-34-11-9-30/h2-5,12,14,32H,6-11,13H2,1H3,(H,28,33). The number of rotatable bonds is 9. The summed E-state index contributed by atoms with van der Waals surface area (Å²) in [4.78, 5) is 33.4. The van der Waals surface area contributed by atoms with Crippen molar-refractivity contribution in [2.75, 3.05) is 45.9 Å². The van der Waals surface area contributed by atoms with Crippen molar-refractivity contribution in [1.29, 1.82) is 0 Å². The molecule has 1 aliphatic heterocycles. The summed E-state index contributed by atoms with van der Waals surface area (Å²) in [5.74, 6) is -0.296. The van der Waals surface area contributed by atoms with Crippen LogP contribution in [0.2, 0.25) is 10.0 Å². The average molecular weight is 567 g/mol. The molecule has 2 aromatic heterocycles. The molecule has 1 aliphatic rings. The molecule has 0 spiro atoms. The van der Waals surface area contributed by atoms with E-state index < -0.39 is 0 Å². The van der Waals surface area contributed by atoms with Crippen molar-refractivity contribution < 1.29 is 19.4 Å². The van der Waals surface area contributed by atoms with E-state index in [0.717, 1.165) is 49.7 Å². The van der Waals surface area contributed by atoms with E-state index in [1.165, 1.54) is 11.3 Å². The third-order valence-corrected chi connectivity index (χ3v) is 8.60. The van der Waals surface area contributed by atoms with Crippen LogP contribution >= 0.6 is 45.9 Å². The predicted molar refractivity (Wildman–Crippen MR) is 147 cm³/mol. The highest BCUT2D eigenvalue weighted by atomic mass is 35.5. The molecule has 1 amide bonds. The van der Waals surface area contributed by atoms with Gasteiger partial charge in [0.2, 0.25) is 0 Å². The number of aromatic hydroxyl groups is 1. The van der Waals surface area contributed by atoms with E-state index in [1.54, 1.807) is 42.6 Å². The number of morpholine rings is 1. The van der Waals surface area contributed by atoms with Crippen LogP contribution in [0.3, 0.4) is 0 Å². The second kappa shape index (κ2) is 12.3. The van der Waals surface area contributed by atoms with E-state index in [2.05, 4.69) is 15.2 Å². The van der Waals surface area contributed by atoms with Crippen molar-refractivity contribution in [3.63, 3.8) is 0 Å². The fourth-order valence-corrected chi connectivity index (χ4v) is 5.81. The summed E-state index contributed by atoms with van der Waals surface area (Å²) >= 11 is 14.6. The van der Waals surface area contributed by atoms with Gasteiger partial charge in [-0.1, -0.05) is 29.3 Å². The van der Waals surface area contributed by atoms with Crippen LogP contribution in [0.25, 0.3) is 10.4 Å². The monoisotopic (exact) mass is 565 g/mol. The zero-order valence-corrected chi connectivity index (χ0v) is 22.7. The van der Waals surface area contributed by atoms with Gasteiger partial charge in [0, 0.05) is 42.8 Å². The van der Waals surface area contributed by atoms with Crippen LogP contribution < -0.4 is 5.32 Å². The van der Waals surface area contributed by atoms with Crippen molar-refractivity contribution in [1.82, 2.24) is 10.2 Å². The van der Waals surface area contributed by atoms with Gasteiger partial charge in [-0.05, 0) is 36.8 Å². The number of benzene rings is 1. The van der Waals surface area contributed by atoms with Gasteiger partial charge in [0.15, 0.2) is 5.78 Å². The molecule has 4 rings (SSSR count). The predicted octanol–water partition coefficient (Wildman–Crippen LogP) is 5.24. The summed E-state index contributed by atoms with van der Waals surface area (Å²) < 4.78 is 5.33. The van der Waals surface area contributed by atoms with Crippen LogP contribution in [0, 0.1) is 0 Å². The van der Waals surface area contributed by atoms with E-state index in [-0.39, 0.29) is 24.0 Å². The Balaban J connectivity index is 1.34. The van der Waals surface area contributed by atoms with Crippen LogP contribution in [-0.4, -0.2) is 73.3 Å². The Bertz CT molecular complexity index is 1280. The third kappa shape index (κ3) is 6.53. The molecule has 0 atom stereocenters. The molecular weight excluding hydrogens is 541 g/mol. The van der Waals surface area contributed by atoms with Gasteiger partial charge >= 0.3 is 0 Å². The van der Waals surface area contributed by atoms with Gasteiger partial charge < -0.3 is 15.2 Å². The number of ketones is 1. The minimum Gasteiger partial charge on any atom is -0.506 e. The van der Waals surface area contributed by atoms with E-state index in [0.29, 0.717) is 42.5 Å². The molecule has 190 valence electrons. The highest BCUT2D eigenvalue weighted by Gasteiger charge is 2.17. The summed E-state index contributed by atoms with van der Waals surface area (Å²) in [7, 11) is 0. The molecule has 0 saturated carbocycles. The largest absolute Gasteiger partial charge is 0.506 e. The lowest BCUT2D eigenvalue weighted by Crippen LogP contribution is -2.41. The van der Waals surface area contributed by atoms with Gasteiger partial charge in [0.25, 0.3) is 5.91 Å². The second-order valence-electron chi connectivity index (χ2n) is 8.15. The highest BCUT2D eigenvalue weighted by molar-refractivity contribution is 7.16. The minimum absolute atomic E-state index is 0.0815. The Morgan fingerprint density at radius 2 is 1.89 bits per heavy atom. The van der Waals surface area contributed by atoms with E-state index in [1.807, 2.05) is 0 Å². The maximum atomic E-state index is 12.7. The maximum absolute atomic E-state index is 12.7. The van der Waals surface area contributed by atoms with E-state index >= 15 is 0 Å². The Hall–Kier alpha value is -2.27. The molecule has 1 saturated heterocycles. The smallest absolute Gasteiger partial charge is 0.261 e. The Morgan fingerprint density at radius 3 is 2.64 bits per heavy atom. The minimum atomic E-state index is -0.190. The molecule has 0 bridgehead atoms. The van der Waals surface area contributed by atoms with Crippen molar-refractivity contribution >= 4 is 63.3 Å². The number of aliphatic imine (C=N–C) groups is 1. The number of amides is 1. The molecule has 1 fully saturated rings. The number of Topliss-reactive ketones (excluding diaryl/α,β-unsaturated/α-hetero) is 1. The summed E-state index contributed by atoms with van der Waals surface area (Å²) in [6, 6.07) is 8.47. The number of carbonyl (C=O) groups excluding carboxylic acids is 2. The number of nitrogens with zero attached hydrogens (tertiary/aromatic N) is 2. The molecule has 0 radical (unpaired) electrons. The molecule has 36 heavy (non-hydrogen) atoms. The molecule has 1 aromatic carbocycles. The first-order chi connectivity index (χ1) is 17.3. The normalized spacial score (nSPS) is 14.7. The first-order valence-corrected chi connectivity index (χ1v) is 13.8. The van der Waals surface area contributed by atoms with Crippen molar-refractivity contribution in [2.45, 2.75) is 6.92 Å². The van der Waals surface area contributed by atoms with Crippen molar-refractivity contribution in [3.05, 3.63) is 61.1 Å². The molecular formula is C25H25Cl2N3O4S2. The van der Waals surface area contributed by atoms with Crippen LogP contribution in [0.4, 0.5) is 0 Å². The molecule has 3 aromatic rings. The quantitative estimate of drug-likeness (QED) is 0.273. The first-order valence-electron chi connectivity index (χ1n) is 11.3. The van der Waals surface area contributed by atoms with Crippen molar-refractivity contribution in [2.24, 2.45) is 4.99 Å². The number of nitrogens with one attached hydrogen (secondary N) is 1. The molecule has 0 aliphatic carbocycles. The maximum Gasteiger partial charge on any atom is 0.261 e. The van der Waals surface area contributed by atoms with Crippen LogP contribution in [0.15, 0.2) is 40.7 Å². The SMILES string of the molecule is CC(=NCC(=O)c1ccc(C(=O)NCCN2CCOCC2)s1)c1csc(-c2ccc(Cl)c(Cl)c2)c1O. The summed E-state index contributed by atoms with van der Waals surface area (Å²) in [5, 5.41) is 16.3. The number of hydrogen-bond donors (Lipinski definition) is 2. The van der Waals surface area contributed by atoms with Gasteiger partial charge in [-0.15, -0.1) is 22.7 Å². The summed E-state index contributed by atoms with van der Waals surface area (Å²) in [6.07, 6.45) is 0. The topological polar surface area (TPSA) is 91.2 Å². The Morgan fingerprint density at radius 1 is 1.14 bits per heavy atom. The van der Waals surface area contributed by atoms with E-state index in [9.17, 15) is 14.7 Å². The molecule has 0 unspecified atom stereocenters. The zero-order chi connectivity index (χ0) is 25.7. The number of carbonyl (C=O) groups is 2. The summed E-state index contributed by atoms with van der Waals surface area (Å²) in [6.45, 7) is 6.14. The number of hydrogen-bond acceptors (Lipinski definition) is 8. The Kier molecular flexibility index (Phi) is 9.16. The number of ether oxygens (including phenoxy) is 1. The fourth-order valence-electron chi connectivity index (χ4n) is 3.65. The molecule has 2 N–H and O–H groups in total. The lowest BCUT2D eigenvalue weighted by atomic mass is 10.1. The average Bonchev–Trinajstić information content (AvgIpc) is 3.52. The molecule has 7 nitrogen and oxygen atoms in total. The molecule has 11 heteroatoms. The van der Waals surface area contributed by atoms with Gasteiger partial charge in [0.05, 0.1) is 37.9 Å². The number of halogens is 2. The van der Waals surface area contributed by atoms with Gasteiger partial charge in [-0.3, -0.25) is 19.5 Å². The fraction of sp³-hybridized carbons (Fsp3) is 0.320. The van der Waals surface area contributed by atoms with Gasteiger partial charge in [0.1, 0.15) is 12.3 Å². The van der Waals surface area contributed by atoms with Crippen LogP contribution in [0.1, 0.15) is 31.8 Å². The molecule has 3 heterocycles. The van der Waals surface area contributed by atoms with Crippen molar-refractivity contribution in [3.8, 4) is 16.2 Å². The third-order valence-electron chi connectivity index (χ3n) is 5.72. The summed E-state index contributed by atoms with van der Waals surface area (Å²) in [5.41, 5.74) is 1.85. The van der Waals surface area contributed by atoms with Crippen LogP contribution in [0.5, 0.6) is 5.75 Å².